The van der Waals surface area contributed by atoms with E-state index in [1.807, 2.05) is 17.0 Å². The van der Waals surface area contributed by atoms with Crippen LogP contribution in [0.2, 0.25) is 0 Å². The van der Waals surface area contributed by atoms with E-state index in [1.54, 1.807) is 19.3 Å². The van der Waals surface area contributed by atoms with Crippen LogP contribution in [0.5, 0.6) is 0 Å². The van der Waals surface area contributed by atoms with E-state index in [4.69, 9.17) is 9.97 Å². The molecule has 2 aromatic heterocycles. The lowest BCUT2D eigenvalue weighted by atomic mass is 10.0. The van der Waals surface area contributed by atoms with Crippen LogP contribution < -0.4 is 4.90 Å². The summed E-state index contributed by atoms with van der Waals surface area (Å²) in [7, 11) is 4.27. The van der Waals surface area contributed by atoms with E-state index >= 15 is 0 Å². The highest BCUT2D eigenvalue weighted by Gasteiger charge is 2.30. The Bertz CT molecular complexity index is 838. The Kier molecular flexibility index (Phi) is 4.78. The zero-order valence-electron chi connectivity index (χ0n) is 16.2. The van der Waals surface area contributed by atoms with Crippen molar-refractivity contribution in [2.75, 3.05) is 38.6 Å². The topological polar surface area (TPSA) is 65.5 Å². The standard InChI is InChI=1S/C20H26N6O/c1-14(27)25-11-7-17-18(13-25)22-19(15-4-8-21-9-5-15)23-20(17)26-10-6-16(12-26)24(2)3/h4-5,8-9,16H,6-7,10-13H2,1-3H3/t16-/m0/s1. The predicted octanol–water partition coefficient (Wildman–Crippen LogP) is 1.58. The van der Waals surface area contributed by atoms with Gasteiger partial charge in [0, 0.05) is 56.1 Å². The Hall–Kier alpha value is -2.54. The van der Waals surface area contributed by atoms with Gasteiger partial charge in [-0.25, -0.2) is 9.97 Å². The molecule has 0 aliphatic carbocycles. The van der Waals surface area contributed by atoms with Crippen molar-refractivity contribution in [3.05, 3.63) is 35.8 Å². The van der Waals surface area contributed by atoms with Gasteiger partial charge in [0.15, 0.2) is 5.82 Å². The van der Waals surface area contributed by atoms with E-state index in [2.05, 4.69) is 28.9 Å². The van der Waals surface area contributed by atoms with Gasteiger partial charge in [-0.05, 0) is 39.1 Å². The number of fused-ring (bicyclic) bond motifs is 1. The first kappa shape index (κ1) is 17.9. The Morgan fingerprint density at radius 1 is 1.19 bits per heavy atom. The van der Waals surface area contributed by atoms with Crippen LogP contribution >= 0.6 is 0 Å². The summed E-state index contributed by atoms with van der Waals surface area (Å²) in [6, 6.07) is 4.41. The molecule has 0 saturated carbocycles. The molecule has 7 nitrogen and oxygen atoms in total. The van der Waals surface area contributed by atoms with Crippen LogP contribution in [-0.2, 0) is 17.8 Å². The van der Waals surface area contributed by atoms with Gasteiger partial charge in [0.05, 0.1) is 12.2 Å². The van der Waals surface area contributed by atoms with E-state index in [0.29, 0.717) is 18.4 Å². The first-order valence-electron chi connectivity index (χ1n) is 9.50. The average Bonchev–Trinajstić information content (AvgIpc) is 3.17. The summed E-state index contributed by atoms with van der Waals surface area (Å²) in [5.74, 6) is 1.85. The summed E-state index contributed by atoms with van der Waals surface area (Å²) in [6.07, 6.45) is 5.47. The number of pyridine rings is 1. The molecule has 0 unspecified atom stereocenters. The first-order valence-corrected chi connectivity index (χ1v) is 9.50. The minimum atomic E-state index is 0.0973. The summed E-state index contributed by atoms with van der Waals surface area (Å²) in [5, 5.41) is 0. The molecule has 1 atom stereocenters. The van der Waals surface area contributed by atoms with E-state index in [9.17, 15) is 4.79 Å². The number of hydrogen-bond donors (Lipinski definition) is 0. The monoisotopic (exact) mass is 366 g/mol. The van der Waals surface area contributed by atoms with Crippen LogP contribution in [-0.4, -0.2) is 70.4 Å². The minimum Gasteiger partial charge on any atom is -0.355 e. The van der Waals surface area contributed by atoms with Crippen molar-refractivity contribution >= 4 is 11.7 Å². The SMILES string of the molecule is CC(=O)N1CCc2c(nc(-c3ccncc3)nc2N2CC[C@H](N(C)C)C2)C1. The molecule has 2 aliphatic heterocycles. The van der Waals surface area contributed by atoms with Gasteiger partial charge < -0.3 is 14.7 Å². The second-order valence-corrected chi connectivity index (χ2v) is 7.57. The number of likely N-dealkylation sites (N-methyl/N-ethyl adjacent to an activating group) is 1. The Morgan fingerprint density at radius 2 is 1.96 bits per heavy atom. The van der Waals surface area contributed by atoms with Crippen molar-refractivity contribution < 1.29 is 4.79 Å². The number of rotatable bonds is 3. The molecule has 0 bridgehead atoms. The van der Waals surface area contributed by atoms with E-state index in [0.717, 1.165) is 49.6 Å². The molecular formula is C20H26N6O. The predicted molar refractivity (Wildman–Crippen MR) is 104 cm³/mol. The molecule has 4 rings (SSSR count). The van der Waals surface area contributed by atoms with Crippen LogP contribution in [0.25, 0.3) is 11.4 Å². The zero-order valence-corrected chi connectivity index (χ0v) is 16.2. The number of amides is 1. The molecule has 2 aliphatic rings. The molecule has 0 aromatic carbocycles. The summed E-state index contributed by atoms with van der Waals surface area (Å²) in [4.78, 5) is 32.3. The molecule has 1 amide bonds. The number of nitrogens with zero attached hydrogens (tertiary/aromatic N) is 6. The summed E-state index contributed by atoms with van der Waals surface area (Å²) < 4.78 is 0. The van der Waals surface area contributed by atoms with Crippen LogP contribution in [0, 0.1) is 0 Å². The third-order valence-corrected chi connectivity index (χ3v) is 5.62. The van der Waals surface area contributed by atoms with Crippen molar-refractivity contribution in [3.8, 4) is 11.4 Å². The molecule has 7 heteroatoms. The number of carbonyl (C=O) groups is 1. The van der Waals surface area contributed by atoms with Crippen molar-refractivity contribution in [3.63, 3.8) is 0 Å². The molecule has 2 aromatic rings. The largest absolute Gasteiger partial charge is 0.355 e. The van der Waals surface area contributed by atoms with Crippen molar-refractivity contribution in [2.45, 2.75) is 32.4 Å². The quantitative estimate of drug-likeness (QED) is 0.822. The van der Waals surface area contributed by atoms with Crippen molar-refractivity contribution in [1.29, 1.82) is 0 Å². The number of anilines is 1. The summed E-state index contributed by atoms with van der Waals surface area (Å²) >= 11 is 0. The molecule has 27 heavy (non-hydrogen) atoms. The van der Waals surface area contributed by atoms with Crippen LogP contribution in [0.3, 0.4) is 0 Å². The Balaban J connectivity index is 1.75. The molecular weight excluding hydrogens is 340 g/mol. The first-order chi connectivity index (χ1) is 13.0. The summed E-state index contributed by atoms with van der Waals surface area (Å²) in [6.45, 7) is 4.89. The van der Waals surface area contributed by atoms with Gasteiger partial charge in [-0.1, -0.05) is 0 Å². The molecule has 4 heterocycles. The smallest absolute Gasteiger partial charge is 0.219 e. The summed E-state index contributed by atoms with van der Waals surface area (Å²) in [5.41, 5.74) is 3.13. The lowest BCUT2D eigenvalue weighted by Gasteiger charge is -2.31. The lowest BCUT2D eigenvalue weighted by Crippen LogP contribution is -2.37. The number of carbonyl (C=O) groups excluding carboxylic acids is 1. The fourth-order valence-electron chi connectivity index (χ4n) is 3.93. The molecule has 142 valence electrons. The third-order valence-electron chi connectivity index (χ3n) is 5.62. The average molecular weight is 366 g/mol. The molecule has 1 saturated heterocycles. The lowest BCUT2D eigenvalue weighted by molar-refractivity contribution is -0.129. The maximum atomic E-state index is 11.9. The second-order valence-electron chi connectivity index (χ2n) is 7.57. The van der Waals surface area contributed by atoms with E-state index in [-0.39, 0.29) is 5.91 Å². The molecule has 1 fully saturated rings. The van der Waals surface area contributed by atoms with E-state index < -0.39 is 0 Å². The van der Waals surface area contributed by atoms with Crippen LogP contribution in [0.4, 0.5) is 5.82 Å². The van der Waals surface area contributed by atoms with Gasteiger partial charge in [0.2, 0.25) is 5.91 Å². The van der Waals surface area contributed by atoms with Gasteiger partial charge in [-0.3, -0.25) is 9.78 Å². The minimum absolute atomic E-state index is 0.0973. The highest BCUT2D eigenvalue weighted by Crippen LogP contribution is 2.31. The zero-order chi connectivity index (χ0) is 19.0. The maximum Gasteiger partial charge on any atom is 0.219 e. The molecule has 0 N–H and O–H groups in total. The molecule has 0 radical (unpaired) electrons. The van der Waals surface area contributed by atoms with Crippen molar-refractivity contribution in [1.82, 2.24) is 24.8 Å². The van der Waals surface area contributed by atoms with Gasteiger partial charge in [-0.15, -0.1) is 0 Å². The number of aromatic nitrogens is 3. The Labute approximate surface area is 160 Å². The van der Waals surface area contributed by atoms with Gasteiger partial charge in [-0.2, -0.15) is 0 Å². The van der Waals surface area contributed by atoms with Gasteiger partial charge >= 0.3 is 0 Å². The number of hydrogen-bond acceptors (Lipinski definition) is 6. The van der Waals surface area contributed by atoms with Gasteiger partial charge in [0.25, 0.3) is 0 Å². The fourth-order valence-corrected chi connectivity index (χ4v) is 3.93. The highest BCUT2D eigenvalue weighted by atomic mass is 16.2. The van der Waals surface area contributed by atoms with Crippen LogP contribution in [0.15, 0.2) is 24.5 Å². The van der Waals surface area contributed by atoms with Crippen LogP contribution in [0.1, 0.15) is 24.6 Å². The normalized spacial score (nSPS) is 19.5. The second kappa shape index (κ2) is 7.23. The maximum absolute atomic E-state index is 11.9. The van der Waals surface area contributed by atoms with Gasteiger partial charge in [0.1, 0.15) is 5.82 Å². The van der Waals surface area contributed by atoms with E-state index in [1.165, 1.54) is 5.56 Å². The third kappa shape index (κ3) is 3.51. The molecule has 0 spiro atoms. The Morgan fingerprint density at radius 3 is 2.63 bits per heavy atom. The van der Waals surface area contributed by atoms with Crippen molar-refractivity contribution in [2.24, 2.45) is 0 Å². The highest BCUT2D eigenvalue weighted by molar-refractivity contribution is 5.74. The fraction of sp³-hybridized carbons (Fsp3) is 0.500.